The average Bonchev–Trinajstić information content (AvgIpc) is 2.67. The summed E-state index contributed by atoms with van der Waals surface area (Å²) < 4.78 is 44.3. The zero-order valence-corrected chi connectivity index (χ0v) is 15.8. The Kier molecular flexibility index (Phi) is 7.40. The van der Waals surface area contributed by atoms with Crippen molar-refractivity contribution >= 4 is 23.5 Å². The second-order valence-corrected chi connectivity index (χ2v) is 6.22. The Morgan fingerprint density at radius 3 is 2.30 bits per heavy atom. The van der Waals surface area contributed by atoms with Crippen molar-refractivity contribution in [2.24, 2.45) is 0 Å². The molecule has 2 aromatic carbocycles. The average molecular weight is 424 g/mol. The van der Waals surface area contributed by atoms with Crippen molar-refractivity contribution in [2.45, 2.75) is 25.6 Å². The predicted octanol–water partition coefficient (Wildman–Crippen LogP) is 3.32. The number of para-hydroxylation sites is 1. The Morgan fingerprint density at radius 1 is 1.07 bits per heavy atom. The molecule has 0 aliphatic rings. The highest BCUT2D eigenvalue weighted by atomic mass is 19.4. The Labute approximate surface area is 169 Å². The van der Waals surface area contributed by atoms with Gasteiger partial charge in [-0.25, -0.2) is 0 Å². The van der Waals surface area contributed by atoms with Crippen LogP contribution in [0.4, 0.5) is 18.9 Å². The minimum atomic E-state index is -4.62. The van der Waals surface area contributed by atoms with Crippen molar-refractivity contribution in [3.63, 3.8) is 0 Å². The van der Waals surface area contributed by atoms with E-state index < -0.39 is 41.4 Å². The van der Waals surface area contributed by atoms with Gasteiger partial charge in [0.05, 0.1) is 12.0 Å². The molecule has 30 heavy (non-hydrogen) atoms. The van der Waals surface area contributed by atoms with Crippen molar-refractivity contribution in [1.29, 1.82) is 0 Å². The van der Waals surface area contributed by atoms with Crippen LogP contribution in [0, 0.1) is 0 Å². The molecule has 0 spiro atoms. The van der Waals surface area contributed by atoms with Gasteiger partial charge in [0.15, 0.2) is 6.10 Å². The first-order valence-corrected chi connectivity index (χ1v) is 8.81. The lowest BCUT2D eigenvalue weighted by Crippen LogP contribution is -2.31. The van der Waals surface area contributed by atoms with Crippen LogP contribution in [0.5, 0.6) is 5.75 Å². The van der Waals surface area contributed by atoms with E-state index in [1.54, 1.807) is 0 Å². The topological polar surface area (TPSA) is 105 Å². The lowest BCUT2D eigenvalue weighted by atomic mass is 10.2. The number of anilines is 1. The number of nitrogens with one attached hydrogen (secondary N) is 2. The lowest BCUT2D eigenvalue weighted by Gasteiger charge is -2.18. The van der Waals surface area contributed by atoms with Gasteiger partial charge in [-0.1, -0.05) is 12.1 Å². The highest BCUT2D eigenvalue weighted by Gasteiger charge is 2.34. The van der Waals surface area contributed by atoms with Crippen LogP contribution >= 0.6 is 0 Å². The molecule has 7 nitrogen and oxygen atoms in total. The van der Waals surface area contributed by atoms with Gasteiger partial charge in [0.1, 0.15) is 5.75 Å². The predicted molar refractivity (Wildman–Crippen MR) is 101 cm³/mol. The maximum absolute atomic E-state index is 13.0. The van der Waals surface area contributed by atoms with Crippen molar-refractivity contribution in [3.8, 4) is 5.75 Å². The number of amides is 2. The lowest BCUT2D eigenvalue weighted by molar-refractivity contribution is -0.140. The summed E-state index contributed by atoms with van der Waals surface area (Å²) >= 11 is 0. The Balaban J connectivity index is 1.96. The highest BCUT2D eigenvalue weighted by Crippen LogP contribution is 2.36. The summed E-state index contributed by atoms with van der Waals surface area (Å²) in [6.07, 6.45) is -6.05. The SMILES string of the molecule is CC(Oc1ccccc1C(F)(F)F)C(=O)Nc1ccc(C(=O)NCCC(=O)O)cc1. The first-order chi connectivity index (χ1) is 14.1. The molecule has 160 valence electrons. The summed E-state index contributed by atoms with van der Waals surface area (Å²) in [5.74, 6) is -2.65. The standard InChI is InChI=1S/C20H19F3N2O5/c1-12(30-16-5-3-2-4-15(16)20(21,22)23)18(28)25-14-8-6-13(7-9-14)19(29)24-11-10-17(26)27/h2-9,12H,10-11H2,1H3,(H,24,29)(H,25,28)(H,26,27). The van der Waals surface area contributed by atoms with Crippen molar-refractivity contribution in [2.75, 3.05) is 11.9 Å². The zero-order chi connectivity index (χ0) is 22.3. The number of aliphatic carboxylic acids is 1. The molecule has 0 radical (unpaired) electrons. The Hall–Kier alpha value is -3.56. The van der Waals surface area contributed by atoms with E-state index in [1.807, 2.05) is 0 Å². The molecule has 0 aromatic heterocycles. The Bertz CT molecular complexity index is 913. The number of hydrogen-bond donors (Lipinski definition) is 3. The normalized spacial score (nSPS) is 12.0. The molecule has 0 aliphatic heterocycles. The molecule has 2 rings (SSSR count). The van der Waals surface area contributed by atoms with Crippen LogP contribution in [-0.2, 0) is 15.8 Å². The van der Waals surface area contributed by atoms with Crippen molar-refractivity contribution in [1.82, 2.24) is 5.32 Å². The highest BCUT2D eigenvalue weighted by molar-refractivity contribution is 5.97. The second kappa shape index (κ2) is 9.77. The van der Waals surface area contributed by atoms with Gasteiger partial charge < -0.3 is 20.5 Å². The van der Waals surface area contributed by atoms with E-state index in [0.717, 1.165) is 12.1 Å². The van der Waals surface area contributed by atoms with Crippen LogP contribution in [-0.4, -0.2) is 35.5 Å². The van der Waals surface area contributed by atoms with Gasteiger partial charge in [-0.15, -0.1) is 0 Å². The number of halogens is 3. The van der Waals surface area contributed by atoms with Crippen LogP contribution in [0.1, 0.15) is 29.3 Å². The number of carboxylic acids is 1. The largest absolute Gasteiger partial charge is 0.481 e. The molecule has 2 aromatic rings. The maximum Gasteiger partial charge on any atom is 0.419 e. The van der Waals surface area contributed by atoms with E-state index in [-0.39, 0.29) is 18.5 Å². The van der Waals surface area contributed by atoms with E-state index in [4.69, 9.17) is 9.84 Å². The third-order valence-electron chi connectivity index (χ3n) is 3.90. The second-order valence-electron chi connectivity index (χ2n) is 6.22. The third-order valence-corrected chi connectivity index (χ3v) is 3.90. The van der Waals surface area contributed by atoms with Crippen LogP contribution in [0.25, 0.3) is 0 Å². The fraction of sp³-hybridized carbons (Fsp3) is 0.250. The summed E-state index contributed by atoms with van der Waals surface area (Å²) in [5, 5.41) is 13.5. The molecular weight excluding hydrogens is 405 g/mol. The molecular formula is C20H19F3N2O5. The molecule has 10 heteroatoms. The summed E-state index contributed by atoms with van der Waals surface area (Å²) in [6.45, 7) is 1.29. The van der Waals surface area contributed by atoms with Crippen LogP contribution in [0.15, 0.2) is 48.5 Å². The minimum absolute atomic E-state index is 0.0269. The first-order valence-electron chi connectivity index (χ1n) is 8.81. The Morgan fingerprint density at radius 2 is 1.70 bits per heavy atom. The number of alkyl halides is 3. The van der Waals surface area contributed by atoms with E-state index >= 15 is 0 Å². The quantitative estimate of drug-likeness (QED) is 0.603. The number of rotatable bonds is 8. The fourth-order valence-electron chi connectivity index (χ4n) is 2.38. The van der Waals surface area contributed by atoms with E-state index in [9.17, 15) is 27.6 Å². The van der Waals surface area contributed by atoms with Crippen LogP contribution in [0.3, 0.4) is 0 Å². The van der Waals surface area contributed by atoms with Crippen molar-refractivity contribution < 1.29 is 37.4 Å². The molecule has 0 heterocycles. The van der Waals surface area contributed by atoms with Gasteiger partial charge in [0.2, 0.25) is 0 Å². The molecule has 3 N–H and O–H groups in total. The fourth-order valence-corrected chi connectivity index (χ4v) is 2.38. The number of carbonyl (C=O) groups is 3. The monoisotopic (exact) mass is 424 g/mol. The van der Waals surface area contributed by atoms with E-state index in [2.05, 4.69) is 10.6 Å². The summed E-state index contributed by atoms with van der Waals surface area (Å²) in [4.78, 5) is 34.6. The summed E-state index contributed by atoms with van der Waals surface area (Å²) in [5.41, 5.74) is -0.425. The van der Waals surface area contributed by atoms with Crippen LogP contribution in [0.2, 0.25) is 0 Å². The molecule has 1 unspecified atom stereocenters. The first kappa shape index (κ1) is 22.7. The molecule has 2 amide bonds. The number of carbonyl (C=O) groups excluding carboxylic acids is 2. The molecule has 0 saturated heterocycles. The van der Waals surface area contributed by atoms with Gasteiger partial charge in [-0.2, -0.15) is 13.2 Å². The minimum Gasteiger partial charge on any atom is -0.481 e. The number of benzene rings is 2. The smallest absolute Gasteiger partial charge is 0.419 e. The molecule has 0 saturated carbocycles. The van der Waals surface area contributed by atoms with Gasteiger partial charge in [0, 0.05) is 17.8 Å². The molecule has 0 bridgehead atoms. The number of hydrogen-bond acceptors (Lipinski definition) is 4. The summed E-state index contributed by atoms with van der Waals surface area (Å²) in [7, 11) is 0. The molecule has 1 atom stereocenters. The van der Waals surface area contributed by atoms with Gasteiger partial charge in [-0.05, 0) is 43.3 Å². The number of ether oxygens (including phenoxy) is 1. The maximum atomic E-state index is 13.0. The van der Waals surface area contributed by atoms with Gasteiger partial charge in [-0.3, -0.25) is 14.4 Å². The van der Waals surface area contributed by atoms with Crippen LogP contribution < -0.4 is 15.4 Å². The zero-order valence-electron chi connectivity index (χ0n) is 15.8. The molecule has 0 fully saturated rings. The van der Waals surface area contributed by atoms with Gasteiger partial charge >= 0.3 is 12.1 Å². The number of carboxylic acid groups (broad SMARTS) is 1. The third kappa shape index (κ3) is 6.50. The molecule has 0 aliphatic carbocycles. The van der Waals surface area contributed by atoms with E-state index in [0.29, 0.717) is 5.69 Å². The van der Waals surface area contributed by atoms with Gasteiger partial charge in [0.25, 0.3) is 11.8 Å². The van der Waals surface area contributed by atoms with E-state index in [1.165, 1.54) is 43.3 Å². The van der Waals surface area contributed by atoms with Crippen molar-refractivity contribution in [3.05, 3.63) is 59.7 Å². The summed E-state index contributed by atoms with van der Waals surface area (Å²) in [6, 6.07) is 10.3.